The second kappa shape index (κ2) is 14.4. The van der Waals surface area contributed by atoms with Gasteiger partial charge < -0.3 is 10.2 Å². The number of carboxylic acids is 2. The van der Waals surface area contributed by atoms with Crippen molar-refractivity contribution in [1.29, 1.82) is 0 Å². The lowest BCUT2D eigenvalue weighted by molar-refractivity contribution is -0.154. The summed E-state index contributed by atoms with van der Waals surface area (Å²) in [6.45, 7) is 0. The Balaban J connectivity index is 3.32. The summed E-state index contributed by atoms with van der Waals surface area (Å²) in [6.07, 6.45) is 13.8. The van der Waals surface area contributed by atoms with Crippen LogP contribution in [0.3, 0.4) is 0 Å². The highest BCUT2D eigenvalue weighted by molar-refractivity contribution is 14.1. The molecule has 0 amide bonds. The lowest BCUT2D eigenvalue weighted by atomic mass is 10.00. The van der Waals surface area contributed by atoms with Gasteiger partial charge in [-0.15, -0.1) is 0 Å². The van der Waals surface area contributed by atoms with E-state index in [9.17, 15) is 9.59 Å². The number of rotatable bonds is 14. The molecule has 5 heteroatoms. The number of halogens is 1. The molecule has 0 fully saturated rings. The molecular weight excluding hydrogens is 383 g/mol. The third-order valence-electron chi connectivity index (χ3n) is 3.55. The fourth-order valence-electron chi connectivity index (χ4n) is 2.26. The van der Waals surface area contributed by atoms with E-state index >= 15 is 0 Å². The molecule has 21 heavy (non-hydrogen) atoms. The highest BCUT2D eigenvalue weighted by Crippen LogP contribution is 2.14. The Labute approximate surface area is 141 Å². The molecule has 2 N–H and O–H groups in total. The molecule has 0 aliphatic heterocycles. The van der Waals surface area contributed by atoms with E-state index in [0.717, 1.165) is 12.8 Å². The van der Waals surface area contributed by atoms with Gasteiger partial charge >= 0.3 is 11.9 Å². The number of carboxylic acid groups (broad SMARTS) is 2. The molecule has 0 spiro atoms. The van der Waals surface area contributed by atoms with Crippen LogP contribution in [0.5, 0.6) is 0 Å². The smallest absolute Gasteiger partial charge is 0.317 e. The van der Waals surface area contributed by atoms with Crippen molar-refractivity contribution in [2.45, 2.75) is 70.6 Å². The lowest BCUT2D eigenvalue weighted by Gasteiger charge is -2.06. The van der Waals surface area contributed by atoms with Crippen molar-refractivity contribution in [3.05, 3.63) is 10.2 Å². The standard InChI is InChI=1S/C16H27IO4/c17-13-11-9-7-5-3-1-2-4-6-8-10-12-14(15(18)19)16(20)21/h11,13-14H,1-10,12H2,(H,18,19)(H,20,21). The topological polar surface area (TPSA) is 74.6 Å². The van der Waals surface area contributed by atoms with Crippen LogP contribution in [0.1, 0.15) is 70.6 Å². The van der Waals surface area contributed by atoms with E-state index < -0.39 is 17.9 Å². The van der Waals surface area contributed by atoms with Gasteiger partial charge in [-0.25, -0.2) is 0 Å². The van der Waals surface area contributed by atoms with Gasteiger partial charge in [-0.1, -0.05) is 80.0 Å². The molecule has 0 aliphatic carbocycles. The summed E-state index contributed by atoms with van der Waals surface area (Å²) in [5.41, 5.74) is 0. The number of aliphatic carboxylic acids is 2. The van der Waals surface area contributed by atoms with E-state index in [1.165, 1.54) is 44.9 Å². The molecule has 0 saturated carbocycles. The molecule has 0 unspecified atom stereocenters. The van der Waals surface area contributed by atoms with Crippen LogP contribution in [0.4, 0.5) is 0 Å². The lowest BCUT2D eigenvalue weighted by Crippen LogP contribution is -2.23. The van der Waals surface area contributed by atoms with Crippen molar-refractivity contribution < 1.29 is 19.8 Å². The summed E-state index contributed by atoms with van der Waals surface area (Å²) in [5.74, 6) is -3.68. The van der Waals surface area contributed by atoms with Crippen LogP contribution in [0, 0.1) is 5.92 Å². The van der Waals surface area contributed by atoms with Crippen molar-refractivity contribution in [2.24, 2.45) is 5.92 Å². The van der Waals surface area contributed by atoms with Crippen LogP contribution < -0.4 is 0 Å². The summed E-state index contributed by atoms with van der Waals surface area (Å²) >= 11 is 2.24. The first kappa shape index (κ1) is 20.4. The Hall–Kier alpha value is -0.590. The van der Waals surface area contributed by atoms with Crippen LogP contribution >= 0.6 is 22.6 Å². The largest absolute Gasteiger partial charge is 0.481 e. The van der Waals surface area contributed by atoms with Gasteiger partial charge in [-0.05, 0) is 23.3 Å². The molecule has 0 aromatic heterocycles. The molecule has 0 aromatic rings. The summed E-state index contributed by atoms with van der Waals surface area (Å²) in [7, 11) is 0. The highest BCUT2D eigenvalue weighted by atomic mass is 127. The Morgan fingerprint density at radius 1 is 0.810 bits per heavy atom. The second-order valence-corrected chi connectivity index (χ2v) is 6.07. The Kier molecular flexibility index (Phi) is 13.9. The first-order valence-corrected chi connectivity index (χ1v) is 9.05. The van der Waals surface area contributed by atoms with E-state index in [4.69, 9.17) is 10.2 Å². The molecule has 0 saturated heterocycles. The van der Waals surface area contributed by atoms with E-state index in [1.54, 1.807) is 0 Å². The monoisotopic (exact) mass is 410 g/mol. The maximum absolute atomic E-state index is 10.7. The van der Waals surface area contributed by atoms with Crippen molar-refractivity contribution in [1.82, 2.24) is 0 Å². The Morgan fingerprint density at radius 2 is 1.24 bits per heavy atom. The van der Waals surface area contributed by atoms with Gasteiger partial charge in [-0.3, -0.25) is 9.59 Å². The van der Waals surface area contributed by atoms with Crippen LogP contribution in [-0.4, -0.2) is 22.2 Å². The molecule has 0 heterocycles. The van der Waals surface area contributed by atoms with Crippen molar-refractivity contribution in [2.75, 3.05) is 0 Å². The Morgan fingerprint density at radius 3 is 1.67 bits per heavy atom. The molecule has 0 aliphatic rings. The molecule has 0 radical (unpaired) electrons. The minimum absolute atomic E-state index is 0.245. The average Bonchev–Trinajstić information content (AvgIpc) is 2.43. The molecule has 4 nitrogen and oxygen atoms in total. The summed E-state index contributed by atoms with van der Waals surface area (Å²) in [5, 5.41) is 17.5. The van der Waals surface area contributed by atoms with Crippen LogP contribution in [0.2, 0.25) is 0 Å². The van der Waals surface area contributed by atoms with Gasteiger partial charge in [0.15, 0.2) is 5.92 Å². The fourth-order valence-corrected chi connectivity index (χ4v) is 2.62. The molecule has 0 bridgehead atoms. The SMILES string of the molecule is O=C(O)C(CCCCCCCCCCCC=CI)C(=O)O. The molecule has 0 atom stereocenters. The maximum Gasteiger partial charge on any atom is 0.317 e. The number of hydrogen-bond donors (Lipinski definition) is 2. The summed E-state index contributed by atoms with van der Waals surface area (Å²) < 4.78 is 2.07. The van der Waals surface area contributed by atoms with Gasteiger partial charge in [0, 0.05) is 0 Å². The second-order valence-electron chi connectivity index (χ2n) is 5.35. The zero-order valence-corrected chi connectivity index (χ0v) is 14.8. The van der Waals surface area contributed by atoms with Gasteiger partial charge in [0.25, 0.3) is 0 Å². The third-order valence-corrected chi connectivity index (χ3v) is 4.06. The highest BCUT2D eigenvalue weighted by Gasteiger charge is 2.24. The normalized spacial score (nSPS) is 11.3. The molecule has 122 valence electrons. The van der Waals surface area contributed by atoms with E-state index in [2.05, 4.69) is 32.7 Å². The first-order chi connectivity index (χ1) is 10.1. The number of carbonyl (C=O) groups is 2. The molecule has 0 rings (SSSR count). The predicted octanol–water partition coefficient (Wildman–Crippen LogP) is 5.01. The quantitative estimate of drug-likeness (QED) is 0.240. The van der Waals surface area contributed by atoms with E-state index in [0.29, 0.717) is 6.42 Å². The van der Waals surface area contributed by atoms with Crippen molar-refractivity contribution in [3.8, 4) is 0 Å². The van der Waals surface area contributed by atoms with Gasteiger partial charge in [0.1, 0.15) is 0 Å². The Bertz CT molecular complexity index is 301. The average molecular weight is 410 g/mol. The summed E-state index contributed by atoms with van der Waals surface area (Å²) in [6, 6.07) is 0. The van der Waals surface area contributed by atoms with Gasteiger partial charge in [-0.2, -0.15) is 0 Å². The van der Waals surface area contributed by atoms with Crippen LogP contribution in [0.15, 0.2) is 10.2 Å². The third kappa shape index (κ3) is 12.8. The number of hydrogen-bond acceptors (Lipinski definition) is 2. The van der Waals surface area contributed by atoms with Gasteiger partial charge in [0.05, 0.1) is 0 Å². The van der Waals surface area contributed by atoms with Crippen molar-refractivity contribution >= 4 is 34.5 Å². The predicted molar refractivity (Wildman–Crippen MR) is 92.7 cm³/mol. The number of allylic oxidation sites excluding steroid dienone is 1. The minimum Gasteiger partial charge on any atom is -0.481 e. The zero-order chi connectivity index (χ0) is 15.9. The molecular formula is C16H27IO4. The van der Waals surface area contributed by atoms with Crippen LogP contribution in [-0.2, 0) is 9.59 Å². The van der Waals surface area contributed by atoms with E-state index in [1.807, 2.05) is 0 Å². The van der Waals surface area contributed by atoms with E-state index in [-0.39, 0.29) is 6.42 Å². The molecule has 0 aromatic carbocycles. The van der Waals surface area contributed by atoms with Gasteiger partial charge in [0.2, 0.25) is 0 Å². The summed E-state index contributed by atoms with van der Waals surface area (Å²) in [4.78, 5) is 21.4. The minimum atomic E-state index is -1.23. The number of unbranched alkanes of at least 4 members (excludes halogenated alkanes) is 9. The van der Waals surface area contributed by atoms with Crippen molar-refractivity contribution in [3.63, 3.8) is 0 Å². The maximum atomic E-state index is 10.7. The first-order valence-electron chi connectivity index (χ1n) is 7.80. The van der Waals surface area contributed by atoms with Crippen LogP contribution in [0.25, 0.3) is 0 Å². The zero-order valence-electron chi connectivity index (χ0n) is 12.6. The fraction of sp³-hybridized carbons (Fsp3) is 0.750.